The van der Waals surface area contributed by atoms with E-state index in [1.165, 1.54) is 7.11 Å². The number of carbonyl (C=O) groups excluding carboxylic acids is 1. The molecule has 4 aliphatic carbocycles. The maximum Gasteiger partial charge on any atom is 0.308 e. The predicted octanol–water partition coefficient (Wildman–Crippen LogP) is 3.78. The molecule has 0 radical (unpaired) electrons. The Bertz CT molecular complexity index is 681. The van der Waals surface area contributed by atoms with Crippen molar-refractivity contribution >= 4 is 5.97 Å². The highest BCUT2D eigenvalue weighted by atomic mass is 16.5. The highest BCUT2D eigenvalue weighted by Gasteiger charge is 2.65. The fraction of sp³-hybridized carbons (Fsp3) is 0.962. The fourth-order valence-electron chi connectivity index (χ4n) is 9.23. The van der Waals surface area contributed by atoms with Gasteiger partial charge in [0.05, 0.1) is 31.3 Å². The van der Waals surface area contributed by atoms with Crippen molar-refractivity contribution < 1.29 is 24.9 Å². The van der Waals surface area contributed by atoms with Gasteiger partial charge in [0, 0.05) is 0 Å². The average molecular weight is 437 g/mol. The minimum Gasteiger partial charge on any atom is -0.469 e. The van der Waals surface area contributed by atoms with Crippen molar-refractivity contribution in [3.8, 4) is 0 Å². The van der Waals surface area contributed by atoms with E-state index in [1.807, 2.05) is 6.92 Å². The zero-order chi connectivity index (χ0) is 22.7. The lowest BCUT2D eigenvalue weighted by atomic mass is 9.43. The highest BCUT2D eigenvalue weighted by Crippen LogP contribution is 2.68. The third-order valence-electron chi connectivity index (χ3n) is 10.8. The van der Waals surface area contributed by atoms with Gasteiger partial charge < -0.3 is 20.1 Å². The Morgan fingerprint density at radius 1 is 0.935 bits per heavy atom. The zero-order valence-corrected chi connectivity index (χ0v) is 20.1. The summed E-state index contributed by atoms with van der Waals surface area (Å²) in [6, 6.07) is 0. The van der Waals surface area contributed by atoms with Crippen LogP contribution in [0.15, 0.2) is 0 Å². The van der Waals surface area contributed by atoms with Crippen molar-refractivity contribution in [3.05, 3.63) is 0 Å². The van der Waals surface area contributed by atoms with Crippen LogP contribution in [0.2, 0.25) is 0 Å². The van der Waals surface area contributed by atoms with Crippen LogP contribution in [0.3, 0.4) is 0 Å². The van der Waals surface area contributed by atoms with E-state index in [0.29, 0.717) is 30.1 Å². The highest BCUT2D eigenvalue weighted by molar-refractivity contribution is 5.71. The quantitative estimate of drug-likeness (QED) is 0.584. The summed E-state index contributed by atoms with van der Waals surface area (Å²) in [5.74, 6) is 1.72. The summed E-state index contributed by atoms with van der Waals surface area (Å²) in [5, 5.41) is 32.8. The Morgan fingerprint density at radius 3 is 2.26 bits per heavy atom. The van der Waals surface area contributed by atoms with Gasteiger partial charge in [-0.15, -0.1) is 0 Å². The van der Waals surface area contributed by atoms with Crippen LogP contribution in [0.4, 0.5) is 0 Å². The SMILES string of the molecule is COC(=O)[C@@H](C)C[C@@H](C)[C@H]1CCC2C3C(CC[C@@]21C)[C@@]1(C)CC[C@@H](O)CC1[C@@H](O)[C@H]3O. The molecule has 0 saturated heterocycles. The number of rotatable bonds is 4. The molecule has 31 heavy (non-hydrogen) atoms. The number of fused-ring (bicyclic) bond motifs is 5. The van der Waals surface area contributed by atoms with Gasteiger partial charge in [-0.3, -0.25) is 4.79 Å². The molecular formula is C26H44O5. The van der Waals surface area contributed by atoms with Crippen LogP contribution >= 0.6 is 0 Å². The van der Waals surface area contributed by atoms with Crippen LogP contribution in [0.1, 0.15) is 79.1 Å². The topological polar surface area (TPSA) is 87.0 Å². The van der Waals surface area contributed by atoms with Gasteiger partial charge in [-0.05, 0) is 97.7 Å². The molecule has 4 saturated carbocycles. The number of ether oxygens (including phenoxy) is 1. The van der Waals surface area contributed by atoms with Crippen molar-refractivity contribution in [2.45, 2.75) is 97.4 Å². The molecule has 3 N–H and O–H groups in total. The maximum absolute atomic E-state index is 12.0. The van der Waals surface area contributed by atoms with Crippen molar-refractivity contribution in [1.29, 1.82) is 0 Å². The first kappa shape index (κ1) is 23.5. The molecule has 5 nitrogen and oxygen atoms in total. The van der Waals surface area contributed by atoms with Gasteiger partial charge >= 0.3 is 5.97 Å². The number of hydrogen-bond acceptors (Lipinski definition) is 5. The summed E-state index contributed by atoms with van der Waals surface area (Å²) in [4.78, 5) is 12.0. The molecule has 0 aromatic heterocycles. The third kappa shape index (κ3) is 3.58. The fourth-order valence-corrected chi connectivity index (χ4v) is 9.23. The first-order chi connectivity index (χ1) is 14.5. The van der Waals surface area contributed by atoms with Gasteiger partial charge in [-0.2, -0.15) is 0 Å². The number of carbonyl (C=O) groups is 1. The summed E-state index contributed by atoms with van der Waals surface area (Å²) < 4.78 is 4.96. The van der Waals surface area contributed by atoms with Gasteiger partial charge in [0.1, 0.15) is 0 Å². The van der Waals surface area contributed by atoms with E-state index in [0.717, 1.165) is 44.9 Å². The molecule has 4 rings (SSSR count). The molecule has 0 aliphatic heterocycles. The molecule has 5 heteroatoms. The lowest BCUT2D eigenvalue weighted by Crippen LogP contribution is -2.64. The summed E-state index contributed by atoms with van der Waals surface area (Å²) >= 11 is 0. The van der Waals surface area contributed by atoms with Crippen molar-refractivity contribution in [2.75, 3.05) is 7.11 Å². The van der Waals surface area contributed by atoms with Crippen LogP contribution in [0.25, 0.3) is 0 Å². The van der Waals surface area contributed by atoms with E-state index < -0.39 is 12.2 Å². The molecule has 178 valence electrons. The second kappa shape index (κ2) is 8.29. The van der Waals surface area contributed by atoms with Crippen LogP contribution in [-0.2, 0) is 9.53 Å². The van der Waals surface area contributed by atoms with Gasteiger partial charge in [0.25, 0.3) is 0 Å². The Hall–Kier alpha value is -0.650. The van der Waals surface area contributed by atoms with Gasteiger partial charge in [-0.1, -0.05) is 27.7 Å². The Kier molecular flexibility index (Phi) is 6.28. The van der Waals surface area contributed by atoms with E-state index in [1.54, 1.807) is 0 Å². The number of aliphatic hydroxyl groups excluding tert-OH is 3. The maximum atomic E-state index is 12.0. The van der Waals surface area contributed by atoms with E-state index in [9.17, 15) is 20.1 Å². The number of methoxy groups -OCH3 is 1. The zero-order valence-electron chi connectivity index (χ0n) is 20.1. The standard InChI is InChI=1S/C26H44O5/c1-14(12-15(2)24(30)31-5)17-6-7-18-21-19(9-11-25(17,18)3)26(4)10-8-16(27)13-20(26)22(28)23(21)29/h14-23,27-29H,6-13H2,1-5H3/t14-,15+,16-,17-,18?,19?,20?,21?,22-,23+,25-,26-/m1/s1. The van der Waals surface area contributed by atoms with E-state index >= 15 is 0 Å². The first-order valence-corrected chi connectivity index (χ1v) is 12.7. The van der Waals surface area contributed by atoms with E-state index in [-0.39, 0.29) is 40.7 Å². The number of esters is 1. The molecule has 0 aromatic rings. The minimum absolute atomic E-state index is 0.00566. The van der Waals surface area contributed by atoms with Gasteiger partial charge in [0.2, 0.25) is 0 Å². The van der Waals surface area contributed by atoms with Crippen molar-refractivity contribution in [2.24, 2.45) is 52.3 Å². The van der Waals surface area contributed by atoms with E-state index in [4.69, 9.17) is 4.74 Å². The Labute approximate surface area is 187 Å². The second-order valence-electron chi connectivity index (χ2n) is 12.2. The summed E-state index contributed by atoms with van der Waals surface area (Å²) in [6.45, 7) is 9.00. The van der Waals surface area contributed by atoms with Crippen LogP contribution in [0, 0.1) is 52.3 Å². The monoisotopic (exact) mass is 436 g/mol. The minimum atomic E-state index is -0.737. The summed E-state index contributed by atoms with van der Waals surface area (Å²) in [7, 11) is 1.46. The van der Waals surface area contributed by atoms with Crippen LogP contribution in [0.5, 0.6) is 0 Å². The molecule has 4 fully saturated rings. The molecule has 0 heterocycles. The lowest BCUT2D eigenvalue weighted by molar-refractivity contribution is -0.223. The predicted molar refractivity (Wildman–Crippen MR) is 119 cm³/mol. The van der Waals surface area contributed by atoms with Gasteiger partial charge in [-0.25, -0.2) is 0 Å². The average Bonchev–Trinajstić information content (AvgIpc) is 3.09. The number of hydrogen-bond donors (Lipinski definition) is 3. The summed E-state index contributed by atoms with van der Waals surface area (Å²) in [5.41, 5.74) is 0.154. The molecule has 0 aromatic carbocycles. The summed E-state index contributed by atoms with van der Waals surface area (Å²) in [6.07, 6.45) is 5.94. The number of aliphatic hydroxyl groups is 3. The Morgan fingerprint density at radius 2 is 1.58 bits per heavy atom. The van der Waals surface area contributed by atoms with Crippen molar-refractivity contribution in [1.82, 2.24) is 0 Å². The smallest absolute Gasteiger partial charge is 0.308 e. The molecule has 0 amide bonds. The second-order valence-corrected chi connectivity index (χ2v) is 12.2. The van der Waals surface area contributed by atoms with E-state index in [2.05, 4.69) is 20.8 Å². The third-order valence-corrected chi connectivity index (χ3v) is 10.8. The normalized spacial score (nSPS) is 51.2. The molecular weight excluding hydrogens is 392 g/mol. The van der Waals surface area contributed by atoms with Crippen LogP contribution in [-0.4, -0.2) is 46.7 Å². The molecule has 0 spiro atoms. The molecule has 4 aliphatic rings. The van der Waals surface area contributed by atoms with Gasteiger partial charge in [0.15, 0.2) is 0 Å². The largest absolute Gasteiger partial charge is 0.469 e. The molecule has 4 unspecified atom stereocenters. The Balaban J connectivity index is 1.57. The molecule has 0 bridgehead atoms. The molecule has 12 atom stereocenters. The van der Waals surface area contributed by atoms with Crippen LogP contribution < -0.4 is 0 Å². The first-order valence-electron chi connectivity index (χ1n) is 12.7. The lowest BCUT2D eigenvalue weighted by Gasteiger charge is -2.63. The van der Waals surface area contributed by atoms with Crippen molar-refractivity contribution in [3.63, 3.8) is 0 Å².